The first-order valence-electron chi connectivity index (χ1n) is 9.84. The molecule has 0 aromatic carbocycles. The van der Waals surface area contributed by atoms with Crippen LogP contribution in [0.2, 0.25) is 0 Å². The molecule has 0 atom stereocenters. The van der Waals surface area contributed by atoms with Crippen molar-refractivity contribution in [3.63, 3.8) is 0 Å². The molecule has 2 aliphatic rings. The lowest BCUT2D eigenvalue weighted by molar-refractivity contribution is -0.104. The van der Waals surface area contributed by atoms with Gasteiger partial charge >= 0.3 is 0 Å². The average molecular weight is 339 g/mol. The van der Waals surface area contributed by atoms with Crippen LogP contribution in [0.5, 0.6) is 0 Å². The van der Waals surface area contributed by atoms with Crippen molar-refractivity contribution in [3.05, 3.63) is 58.2 Å². The van der Waals surface area contributed by atoms with Crippen LogP contribution in [0, 0.1) is 5.41 Å². The smallest absolute Gasteiger partial charge is 0.143 e. The van der Waals surface area contributed by atoms with Gasteiger partial charge in [-0.3, -0.25) is 4.79 Å². The largest absolute Gasteiger partial charge is 0.299 e. The zero-order chi connectivity index (χ0) is 18.3. The molecule has 0 aromatic rings. The van der Waals surface area contributed by atoms with Crippen LogP contribution < -0.4 is 0 Å². The summed E-state index contributed by atoms with van der Waals surface area (Å²) in [6.07, 6.45) is 21.3. The molecule has 0 radical (unpaired) electrons. The van der Waals surface area contributed by atoms with Gasteiger partial charge in [0.2, 0.25) is 0 Å². The molecule has 0 amide bonds. The van der Waals surface area contributed by atoms with E-state index in [-0.39, 0.29) is 0 Å². The summed E-state index contributed by atoms with van der Waals surface area (Å²) < 4.78 is 0. The van der Waals surface area contributed by atoms with E-state index in [4.69, 9.17) is 0 Å². The van der Waals surface area contributed by atoms with Crippen LogP contribution in [0.3, 0.4) is 0 Å². The molecule has 1 nitrogen and oxygen atoms in total. The standard InChI is InChI=1S/C24H34O/c1-19(13-15-23-20(2)9-8-17-24(23,3)4)12-14-21-10-6-5-7-11-22(21)16-18-25/h12-16,18H,5-11,17H2,1-4H3/b15-13+,19-12+,21-14-,22-16+. The number of hydrogen-bond donors (Lipinski definition) is 0. The first-order valence-corrected chi connectivity index (χ1v) is 9.84. The maximum absolute atomic E-state index is 10.9. The number of carbonyl (C=O) groups is 1. The number of hydrogen-bond acceptors (Lipinski definition) is 1. The SMILES string of the molecule is CC1=C(/C=C/C(C)=C/C=C2/CCCCC/C2=C\C=O)C(C)(C)CCC1. The Morgan fingerprint density at radius 2 is 1.64 bits per heavy atom. The molecule has 0 N–H and O–H groups in total. The Bertz CT molecular complexity index is 635. The van der Waals surface area contributed by atoms with Gasteiger partial charge in [-0.2, -0.15) is 0 Å². The normalized spacial score (nSPS) is 25.7. The van der Waals surface area contributed by atoms with Gasteiger partial charge in [0.15, 0.2) is 0 Å². The summed E-state index contributed by atoms with van der Waals surface area (Å²) in [5.41, 5.74) is 7.18. The summed E-state index contributed by atoms with van der Waals surface area (Å²) in [7, 11) is 0. The quantitative estimate of drug-likeness (QED) is 0.233. The predicted octanol–water partition coefficient (Wildman–Crippen LogP) is 7.03. The first kappa shape index (κ1) is 19.7. The van der Waals surface area contributed by atoms with Crippen molar-refractivity contribution >= 4 is 6.29 Å². The molecule has 0 spiro atoms. The van der Waals surface area contributed by atoms with E-state index in [1.54, 1.807) is 11.6 Å². The van der Waals surface area contributed by atoms with E-state index in [0.717, 1.165) is 19.1 Å². The molecule has 0 heterocycles. The lowest BCUT2D eigenvalue weighted by atomic mass is 9.72. The van der Waals surface area contributed by atoms with Crippen LogP contribution in [0.15, 0.2) is 58.2 Å². The second-order valence-corrected chi connectivity index (χ2v) is 8.26. The second kappa shape index (κ2) is 9.17. The summed E-state index contributed by atoms with van der Waals surface area (Å²) >= 11 is 0. The first-order chi connectivity index (χ1) is 11.9. The highest BCUT2D eigenvalue weighted by atomic mass is 16.1. The van der Waals surface area contributed by atoms with Crippen molar-refractivity contribution in [2.75, 3.05) is 0 Å². The highest BCUT2D eigenvalue weighted by Crippen LogP contribution is 2.40. The molecule has 1 saturated carbocycles. The fourth-order valence-corrected chi connectivity index (χ4v) is 4.10. The number of aldehydes is 1. The third-order valence-corrected chi connectivity index (χ3v) is 5.68. The lowest BCUT2D eigenvalue weighted by Gasteiger charge is -2.32. The van der Waals surface area contributed by atoms with E-state index in [0.29, 0.717) is 5.41 Å². The summed E-state index contributed by atoms with van der Waals surface area (Å²) in [6.45, 7) is 9.17. The van der Waals surface area contributed by atoms with E-state index in [9.17, 15) is 4.79 Å². The molecule has 1 fully saturated rings. The van der Waals surface area contributed by atoms with Crippen molar-refractivity contribution in [3.8, 4) is 0 Å². The maximum atomic E-state index is 10.9. The van der Waals surface area contributed by atoms with Gasteiger partial charge in [0.25, 0.3) is 0 Å². The highest BCUT2D eigenvalue weighted by Gasteiger charge is 2.26. The summed E-state index contributed by atoms with van der Waals surface area (Å²) in [4.78, 5) is 10.9. The van der Waals surface area contributed by atoms with Gasteiger partial charge < -0.3 is 0 Å². The fourth-order valence-electron chi connectivity index (χ4n) is 4.10. The molecule has 25 heavy (non-hydrogen) atoms. The van der Waals surface area contributed by atoms with Gasteiger partial charge in [-0.25, -0.2) is 0 Å². The van der Waals surface area contributed by atoms with Gasteiger partial charge in [-0.1, -0.05) is 55.7 Å². The van der Waals surface area contributed by atoms with Crippen molar-refractivity contribution < 1.29 is 4.79 Å². The molecule has 2 rings (SSSR count). The number of carbonyl (C=O) groups excluding carboxylic acids is 1. The summed E-state index contributed by atoms with van der Waals surface area (Å²) in [6, 6.07) is 0. The second-order valence-electron chi connectivity index (χ2n) is 8.26. The van der Waals surface area contributed by atoms with Crippen LogP contribution in [-0.4, -0.2) is 6.29 Å². The van der Waals surface area contributed by atoms with Gasteiger partial charge in [0, 0.05) is 0 Å². The number of allylic oxidation sites excluding steroid dienone is 10. The van der Waals surface area contributed by atoms with Crippen LogP contribution in [-0.2, 0) is 4.79 Å². The lowest BCUT2D eigenvalue weighted by Crippen LogP contribution is -2.19. The molecule has 0 aromatic heterocycles. The Hall–Kier alpha value is -1.63. The predicted molar refractivity (Wildman–Crippen MR) is 109 cm³/mol. The number of rotatable bonds is 4. The Morgan fingerprint density at radius 1 is 0.960 bits per heavy atom. The van der Waals surface area contributed by atoms with Crippen molar-refractivity contribution in [1.29, 1.82) is 0 Å². The fraction of sp³-hybridized carbons (Fsp3) is 0.542. The minimum Gasteiger partial charge on any atom is -0.299 e. The molecule has 2 aliphatic carbocycles. The maximum Gasteiger partial charge on any atom is 0.143 e. The van der Waals surface area contributed by atoms with Crippen LogP contribution in [0.25, 0.3) is 0 Å². The zero-order valence-electron chi connectivity index (χ0n) is 16.5. The Balaban J connectivity index is 2.17. The van der Waals surface area contributed by atoms with E-state index in [1.807, 2.05) is 0 Å². The highest BCUT2D eigenvalue weighted by molar-refractivity contribution is 5.68. The molecular formula is C24H34O. The van der Waals surface area contributed by atoms with Crippen LogP contribution >= 0.6 is 0 Å². The Morgan fingerprint density at radius 3 is 2.28 bits per heavy atom. The minimum atomic E-state index is 0.290. The zero-order valence-corrected chi connectivity index (χ0v) is 16.5. The monoisotopic (exact) mass is 338 g/mol. The Kier molecular flexibility index (Phi) is 7.23. The Labute approximate surface area is 154 Å². The molecule has 0 aliphatic heterocycles. The van der Waals surface area contributed by atoms with Gasteiger partial charge in [-0.05, 0) is 87.0 Å². The van der Waals surface area contributed by atoms with E-state index in [2.05, 4.69) is 52.0 Å². The molecule has 0 bridgehead atoms. The third kappa shape index (κ3) is 5.70. The molecule has 1 heteroatoms. The van der Waals surface area contributed by atoms with Gasteiger partial charge in [0.05, 0.1) is 0 Å². The summed E-state index contributed by atoms with van der Waals surface area (Å²) in [5.74, 6) is 0. The van der Waals surface area contributed by atoms with Crippen LogP contribution in [0.4, 0.5) is 0 Å². The molecular weight excluding hydrogens is 304 g/mol. The molecule has 136 valence electrons. The van der Waals surface area contributed by atoms with Crippen LogP contribution in [0.1, 0.15) is 79.1 Å². The van der Waals surface area contributed by atoms with Gasteiger partial charge in [-0.15, -0.1) is 0 Å². The average Bonchev–Trinajstić information content (AvgIpc) is 2.77. The van der Waals surface area contributed by atoms with Crippen molar-refractivity contribution in [2.45, 2.75) is 79.1 Å². The summed E-state index contributed by atoms with van der Waals surface area (Å²) in [5, 5.41) is 0. The van der Waals surface area contributed by atoms with Gasteiger partial charge in [0.1, 0.15) is 6.29 Å². The third-order valence-electron chi connectivity index (χ3n) is 5.68. The molecule has 0 saturated heterocycles. The topological polar surface area (TPSA) is 17.1 Å². The minimum absolute atomic E-state index is 0.290. The van der Waals surface area contributed by atoms with E-state index in [1.165, 1.54) is 60.8 Å². The van der Waals surface area contributed by atoms with E-state index < -0.39 is 0 Å². The van der Waals surface area contributed by atoms with E-state index >= 15 is 0 Å². The molecule has 0 unspecified atom stereocenters. The van der Waals surface area contributed by atoms with Crippen molar-refractivity contribution in [1.82, 2.24) is 0 Å². The van der Waals surface area contributed by atoms with Crippen molar-refractivity contribution in [2.24, 2.45) is 5.41 Å².